The SMILES string of the molecule is CCCCCC(CC)(CC)OC=O. The maximum atomic E-state index is 10.3. The third-order valence-corrected chi connectivity index (χ3v) is 2.82. The molecule has 0 unspecified atom stereocenters. The Bertz CT molecular complexity index is 128. The first-order valence-corrected chi connectivity index (χ1v) is 5.36. The lowest BCUT2D eigenvalue weighted by Crippen LogP contribution is -2.30. The number of rotatable bonds is 8. The first kappa shape index (κ1) is 12.5. The number of hydrogen-bond acceptors (Lipinski definition) is 2. The Kier molecular flexibility index (Phi) is 6.65. The van der Waals surface area contributed by atoms with Gasteiger partial charge in [0.15, 0.2) is 0 Å². The Labute approximate surface area is 81.7 Å². The molecule has 0 saturated heterocycles. The zero-order chi connectivity index (χ0) is 10.2. The van der Waals surface area contributed by atoms with Crippen molar-refractivity contribution in [3.05, 3.63) is 0 Å². The Morgan fingerprint density at radius 1 is 1.15 bits per heavy atom. The van der Waals surface area contributed by atoms with E-state index >= 15 is 0 Å². The first-order chi connectivity index (χ1) is 6.24. The van der Waals surface area contributed by atoms with Crippen molar-refractivity contribution in [2.24, 2.45) is 0 Å². The summed E-state index contributed by atoms with van der Waals surface area (Å²) in [5, 5.41) is 0. The fraction of sp³-hybridized carbons (Fsp3) is 0.909. The molecule has 0 heterocycles. The van der Waals surface area contributed by atoms with Crippen LogP contribution in [-0.4, -0.2) is 12.1 Å². The van der Waals surface area contributed by atoms with Crippen LogP contribution in [0.3, 0.4) is 0 Å². The minimum absolute atomic E-state index is 0.184. The van der Waals surface area contributed by atoms with E-state index in [1.807, 2.05) is 0 Å². The highest BCUT2D eigenvalue weighted by Gasteiger charge is 2.26. The summed E-state index contributed by atoms with van der Waals surface area (Å²) in [6.07, 6.45) is 6.45. The predicted molar refractivity (Wildman–Crippen MR) is 54.6 cm³/mol. The highest BCUT2D eigenvalue weighted by Crippen LogP contribution is 2.26. The van der Waals surface area contributed by atoms with Crippen molar-refractivity contribution in [3.63, 3.8) is 0 Å². The smallest absolute Gasteiger partial charge is 0.293 e. The summed E-state index contributed by atoms with van der Waals surface area (Å²) in [6.45, 7) is 6.94. The average Bonchev–Trinajstić information content (AvgIpc) is 2.17. The maximum Gasteiger partial charge on any atom is 0.293 e. The molecule has 0 aromatic rings. The monoisotopic (exact) mass is 186 g/mol. The van der Waals surface area contributed by atoms with Crippen LogP contribution in [0.2, 0.25) is 0 Å². The summed E-state index contributed by atoms with van der Waals surface area (Å²) in [6, 6.07) is 0. The van der Waals surface area contributed by atoms with Crippen LogP contribution in [0.15, 0.2) is 0 Å². The predicted octanol–water partition coefficient (Wildman–Crippen LogP) is 3.30. The molecular formula is C11H22O2. The second-order valence-corrected chi connectivity index (χ2v) is 3.56. The van der Waals surface area contributed by atoms with Crippen LogP contribution in [0.1, 0.15) is 59.3 Å². The molecule has 2 nitrogen and oxygen atoms in total. The molecule has 0 fully saturated rings. The van der Waals surface area contributed by atoms with Crippen LogP contribution in [0, 0.1) is 0 Å². The molecule has 13 heavy (non-hydrogen) atoms. The lowest BCUT2D eigenvalue weighted by molar-refractivity contribution is -0.145. The van der Waals surface area contributed by atoms with E-state index in [1.54, 1.807) is 0 Å². The van der Waals surface area contributed by atoms with Crippen LogP contribution >= 0.6 is 0 Å². The minimum Gasteiger partial charge on any atom is -0.461 e. The molecule has 0 atom stereocenters. The molecular weight excluding hydrogens is 164 g/mol. The summed E-state index contributed by atoms with van der Waals surface area (Å²) >= 11 is 0. The zero-order valence-electron chi connectivity index (χ0n) is 9.14. The molecule has 78 valence electrons. The van der Waals surface area contributed by atoms with E-state index in [9.17, 15) is 4.79 Å². The van der Waals surface area contributed by atoms with Gasteiger partial charge in [-0.3, -0.25) is 4.79 Å². The molecule has 2 heteroatoms. The minimum atomic E-state index is -0.184. The lowest BCUT2D eigenvalue weighted by Gasteiger charge is -2.29. The van der Waals surface area contributed by atoms with Gasteiger partial charge in [0.05, 0.1) is 0 Å². The van der Waals surface area contributed by atoms with E-state index in [1.165, 1.54) is 12.8 Å². The van der Waals surface area contributed by atoms with Gasteiger partial charge >= 0.3 is 0 Å². The maximum absolute atomic E-state index is 10.3. The van der Waals surface area contributed by atoms with Crippen molar-refractivity contribution in [3.8, 4) is 0 Å². The molecule has 0 aromatic carbocycles. The molecule has 0 bridgehead atoms. The molecule has 0 amide bonds. The topological polar surface area (TPSA) is 26.3 Å². The average molecular weight is 186 g/mol. The third-order valence-electron chi connectivity index (χ3n) is 2.82. The highest BCUT2D eigenvalue weighted by molar-refractivity contribution is 5.38. The molecule has 0 spiro atoms. The van der Waals surface area contributed by atoms with E-state index in [0.29, 0.717) is 6.47 Å². The number of carbonyl (C=O) groups excluding carboxylic acids is 1. The van der Waals surface area contributed by atoms with Gasteiger partial charge in [0, 0.05) is 0 Å². The van der Waals surface area contributed by atoms with Crippen LogP contribution in [0.25, 0.3) is 0 Å². The van der Waals surface area contributed by atoms with Crippen molar-refractivity contribution in [2.45, 2.75) is 64.9 Å². The Balaban J connectivity index is 3.96. The Hall–Kier alpha value is -0.530. The van der Waals surface area contributed by atoms with Crippen LogP contribution in [0.4, 0.5) is 0 Å². The summed E-state index contributed by atoms with van der Waals surface area (Å²) < 4.78 is 5.19. The Morgan fingerprint density at radius 2 is 1.77 bits per heavy atom. The molecule has 0 aliphatic carbocycles. The van der Waals surface area contributed by atoms with Gasteiger partial charge in [0.1, 0.15) is 5.60 Å². The van der Waals surface area contributed by atoms with Gasteiger partial charge in [-0.05, 0) is 25.7 Å². The highest BCUT2D eigenvalue weighted by atomic mass is 16.5. The number of carbonyl (C=O) groups is 1. The van der Waals surface area contributed by atoms with Gasteiger partial charge in [0.25, 0.3) is 6.47 Å². The largest absolute Gasteiger partial charge is 0.461 e. The molecule has 0 saturated carbocycles. The Morgan fingerprint density at radius 3 is 2.15 bits per heavy atom. The standard InChI is InChI=1S/C11H22O2/c1-4-7-8-9-11(5-2,6-3)13-10-12/h10H,4-9H2,1-3H3. The molecule has 0 rings (SSSR count). The fourth-order valence-electron chi connectivity index (χ4n) is 1.63. The second kappa shape index (κ2) is 6.93. The van der Waals surface area contributed by atoms with Gasteiger partial charge in [-0.15, -0.1) is 0 Å². The lowest BCUT2D eigenvalue weighted by atomic mass is 9.90. The molecule has 0 radical (unpaired) electrons. The van der Waals surface area contributed by atoms with Crippen LogP contribution in [0.5, 0.6) is 0 Å². The van der Waals surface area contributed by atoms with E-state index < -0.39 is 0 Å². The van der Waals surface area contributed by atoms with E-state index in [-0.39, 0.29) is 5.60 Å². The van der Waals surface area contributed by atoms with Crippen molar-refractivity contribution in [2.75, 3.05) is 0 Å². The molecule has 0 aliphatic rings. The van der Waals surface area contributed by atoms with E-state index in [0.717, 1.165) is 25.7 Å². The zero-order valence-corrected chi connectivity index (χ0v) is 9.14. The van der Waals surface area contributed by atoms with Gasteiger partial charge in [-0.25, -0.2) is 0 Å². The van der Waals surface area contributed by atoms with Crippen LogP contribution in [-0.2, 0) is 9.53 Å². The van der Waals surface area contributed by atoms with E-state index in [2.05, 4.69) is 20.8 Å². The van der Waals surface area contributed by atoms with Crippen molar-refractivity contribution in [1.29, 1.82) is 0 Å². The van der Waals surface area contributed by atoms with Crippen molar-refractivity contribution in [1.82, 2.24) is 0 Å². The summed E-state index contributed by atoms with van der Waals surface area (Å²) in [5.41, 5.74) is -0.184. The summed E-state index contributed by atoms with van der Waals surface area (Å²) in [7, 11) is 0. The van der Waals surface area contributed by atoms with Crippen molar-refractivity contribution < 1.29 is 9.53 Å². The normalized spacial score (nSPS) is 11.3. The number of unbranched alkanes of at least 4 members (excludes halogenated alkanes) is 2. The molecule has 0 N–H and O–H groups in total. The molecule has 0 aliphatic heterocycles. The van der Waals surface area contributed by atoms with Crippen LogP contribution < -0.4 is 0 Å². The van der Waals surface area contributed by atoms with Gasteiger partial charge < -0.3 is 4.74 Å². The number of ether oxygens (including phenoxy) is 1. The first-order valence-electron chi connectivity index (χ1n) is 5.36. The van der Waals surface area contributed by atoms with Crippen molar-refractivity contribution >= 4 is 6.47 Å². The summed E-state index contributed by atoms with van der Waals surface area (Å²) in [4.78, 5) is 10.3. The number of hydrogen-bond donors (Lipinski definition) is 0. The quantitative estimate of drug-likeness (QED) is 0.429. The third kappa shape index (κ3) is 4.30. The van der Waals surface area contributed by atoms with Gasteiger partial charge in [0.2, 0.25) is 0 Å². The van der Waals surface area contributed by atoms with Gasteiger partial charge in [-0.2, -0.15) is 0 Å². The second-order valence-electron chi connectivity index (χ2n) is 3.56. The fourth-order valence-corrected chi connectivity index (χ4v) is 1.63. The van der Waals surface area contributed by atoms with Gasteiger partial charge in [-0.1, -0.05) is 33.6 Å². The summed E-state index contributed by atoms with van der Waals surface area (Å²) in [5.74, 6) is 0. The molecule has 0 aromatic heterocycles. The van der Waals surface area contributed by atoms with E-state index in [4.69, 9.17) is 4.74 Å².